The summed E-state index contributed by atoms with van der Waals surface area (Å²) in [6.07, 6.45) is 3.94. The molecular formula is C11H17NO4. The second-order valence-corrected chi connectivity index (χ2v) is 4.40. The number of carbonyl (C=O) groups excluding carboxylic acids is 1. The van der Waals surface area contributed by atoms with Gasteiger partial charge in [0, 0.05) is 10.5 Å². The van der Waals surface area contributed by atoms with Gasteiger partial charge in [-0.2, -0.15) is 0 Å². The van der Waals surface area contributed by atoms with Gasteiger partial charge >= 0.3 is 5.97 Å². The van der Waals surface area contributed by atoms with E-state index in [0.717, 1.165) is 19.3 Å². The maximum atomic E-state index is 11.5. The number of hydrogen-bond donors (Lipinski definition) is 0. The van der Waals surface area contributed by atoms with Crippen molar-refractivity contribution in [3.63, 3.8) is 0 Å². The Hall–Kier alpha value is -1.39. The molecule has 5 nitrogen and oxygen atoms in total. The summed E-state index contributed by atoms with van der Waals surface area (Å²) >= 11 is 0. The van der Waals surface area contributed by atoms with Gasteiger partial charge in [-0.25, -0.2) is 4.79 Å². The molecule has 0 amide bonds. The molecule has 0 heterocycles. The fourth-order valence-corrected chi connectivity index (χ4v) is 2.01. The van der Waals surface area contributed by atoms with Gasteiger partial charge < -0.3 is 4.74 Å². The number of hydrogen-bond acceptors (Lipinski definition) is 4. The molecule has 0 spiro atoms. The molecule has 90 valence electrons. The van der Waals surface area contributed by atoms with Crippen LogP contribution in [0.1, 0.15) is 39.0 Å². The molecule has 0 N–H and O–H groups in total. The van der Waals surface area contributed by atoms with Crippen LogP contribution < -0.4 is 0 Å². The van der Waals surface area contributed by atoms with Crippen LogP contribution in [-0.4, -0.2) is 23.0 Å². The molecule has 0 aliphatic heterocycles. The van der Waals surface area contributed by atoms with E-state index in [1.54, 1.807) is 6.92 Å². The average Bonchev–Trinajstić information content (AvgIpc) is 2.17. The predicted octanol–water partition coefficient (Wildman–Crippen LogP) is 2.09. The van der Waals surface area contributed by atoms with Crippen LogP contribution in [0.5, 0.6) is 0 Å². The fourth-order valence-electron chi connectivity index (χ4n) is 2.01. The molecule has 0 unspecified atom stereocenters. The first kappa shape index (κ1) is 12.7. The topological polar surface area (TPSA) is 69.4 Å². The van der Waals surface area contributed by atoms with Gasteiger partial charge in [-0.15, -0.1) is 0 Å². The fraction of sp³-hybridized carbons (Fsp3) is 0.727. The van der Waals surface area contributed by atoms with Crippen LogP contribution in [-0.2, 0) is 9.53 Å². The van der Waals surface area contributed by atoms with E-state index in [9.17, 15) is 14.9 Å². The van der Waals surface area contributed by atoms with E-state index < -0.39 is 16.5 Å². The van der Waals surface area contributed by atoms with E-state index in [2.05, 4.69) is 6.58 Å². The third-order valence-electron chi connectivity index (χ3n) is 2.84. The molecule has 0 bridgehead atoms. The molecule has 0 aromatic rings. The van der Waals surface area contributed by atoms with Gasteiger partial charge in [0.15, 0.2) is 5.60 Å². The van der Waals surface area contributed by atoms with Crippen molar-refractivity contribution in [1.82, 2.24) is 0 Å². The summed E-state index contributed by atoms with van der Waals surface area (Å²) < 4.78 is 5.27. The Morgan fingerprint density at radius 2 is 2.00 bits per heavy atom. The van der Waals surface area contributed by atoms with Crippen molar-refractivity contribution in [3.8, 4) is 0 Å². The highest BCUT2D eigenvalue weighted by Gasteiger charge is 2.41. The van der Waals surface area contributed by atoms with Crippen LogP contribution >= 0.6 is 0 Å². The zero-order valence-corrected chi connectivity index (χ0v) is 9.53. The minimum Gasteiger partial charge on any atom is -0.449 e. The summed E-state index contributed by atoms with van der Waals surface area (Å²) in [5, 5.41) is 10.6. The van der Waals surface area contributed by atoms with Gasteiger partial charge in [0.2, 0.25) is 6.54 Å². The van der Waals surface area contributed by atoms with Gasteiger partial charge in [-0.1, -0.05) is 13.0 Å². The van der Waals surface area contributed by atoms with Crippen LogP contribution in [0.25, 0.3) is 0 Å². The highest BCUT2D eigenvalue weighted by atomic mass is 16.6. The zero-order chi connectivity index (χ0) is 12.2. The molecule has 16 heavy (non-hydrogen) atoms. The molecular weight excluding hydrogens is 210 g/mol. The molecule has 5 heteroatoms. The summed E-state index contributed by atoms with van der Waals surface area (Å²) in [4.78, 5) is 21.7. The van der Waals surface area contributed by atoms with Crippen molar-refractivity contribution in [2.24, 2.45) is 0 Å². The second-order valence-electron chi connectivity index (χ2n) is 4.40. The van der Waals surface area contributed by atoms with E-state index in [1.807, 2.05) is 0 Å². The van der Waals surface area contributed by atoms with Gasteiger partial charge in [0.25, 0.3) is 0 Å². The van der Waals surface area contributed by atoms with Crippen LogP contribution in [0, 0.1) is 10.1 Å². The quantitative estimate of drug-likeness (QED) is 0.319. The maximum absolute atomic E-state index is 11.5. The largest absolute Gasteiger partial charge is 0.449 e. The highest BCUT2D eigenvalue weighted by Crippen LogP contribution is 2.32. The van der Waals surface area contributed by atoms with E-state index in [1.165, 1.54) is 0 Å². The van der Waals surface area contributed by atoms with Gasteiger partial charge in [-0.05, 0) is 32.6 Å². The Bertz CT molecular complexity index is 305. The van der Waals surface area contributed by atoms with Crippen molar-refractivity contribution < 1.29 is 14.5 Å². The molecule has 1 saturated carbocycles. The van der Waals surface area contributed by atoms with Crippen LogP contribution in [0.2, 0.25) is 0 Å². The lowest BCUT2D eigenvalue weighted by atomic mass is 9.84. The number of esters is 1. The zero-order valence-electron chi connectivity index (χ0n) is 9.53. The van der Waals surface area contributed by atoms with E-state index >= 15 is 0 Å². The molecule has 0 aromatic heterocycles. The SMILES string of the molecule is C=C(C)C(=O)OC1(C[N+](=O)[O-])CCCCC1. The summed E-state index contributed by atoms with van der Waals surface area (Å²) in [6.45, 7) is 4.73. The summed E-state index contributed by atoms with van der Waals surface area (Å²) in [6, 6.07) is 0. The number of rotatable bonds is 4. The van der Waals surface area contributed by atoms with Gasteiger partial charge in [0.05, 0.1) is 0 Å². The number of nitro groups is 1. The van der Waals surface area contributed by atoms with Gasteiger partial charge in [-0.3, -0.25) is 10.1 Å². The van der Waals surface area contributed by atoms with E-state index in [0.29, 0.717) is 12.8 Å². The first-order valence-corrected chi connectivity index (χ1v) is 5.46. The van der Waals surface area contributed by atoms with Gasteiger partial charge in [0.1, 0.15) is 0 Å². The monoisotopic (exact) mass is 227 g/mol. The third-order valence-corrected chi connectivity index (χ3v) is 2.84. The summed E-state index contributed by atoms with van der Waals surface area (Å²) in [7, 11) is 0. The molecule has 1 fully saturated rings. The summed E-state index contributed by atoms with van der Waals surface area (Å²) in [5.41, 5.74) is -0.620. The molecule has 0 atom stereocenters. The standard InChI is InChI=1S/C11H17NO4/c1-9(2)10(13)16-11(8-12(14)15)6-4-3-5-7-11/h1,3-8H2,2H3. The second kappa shape index (κ2) is 5.09. The number of carbonyl (C=O) groups is 1. The van der Waals surface area contributed by atoms with E-state index in [-0.39, 0.29) is 12.1 Å². The van der Waals surface area contributed by atoms with Crippen LogP contribution in [0.3, 0.4) is 0 Å². The average molecular weight is 227 g/mol. The van der Waals surface area contributed by atoms with Crippen molar-refractivity contribution in [1.29, 1.82) is 0 Å². The summed E-state index contributed by atoms with van der Waals surface area (Å²) in [5.74, 6) is -0.524. The van der Waals surface area contributed by atoms with Crippen molar-refractivity contribution >= 4 is 5.97 Å². The Balaban J connectivity index is 2.73. The smallest absolute Gasteiger partial charge is 0.333 e. The number of ether oxygens (including phenoxy) is 1. The van der Waals surface area contributed by atoms with E-state index in [4.69, 9.17) is 4.74 Å². The van der Waals surface area contributed by atoms with Crippen LogP contribution in [0.15, 0.2) is 12.2 Å². The minimum atomic E-state index is -0.905. The lowest BCUT2D eigenvalue weighted by Gasteiger charge is -2.33. The molecule has 1 aliphatic carbocycles. The highest BCUT2D eigenvalue weighted by molar-refractivity contribution is 5.87. The molecule has 0 radical (unpaired) electrons. The Morgan fingerprint density at radius 1 is 1.44 bits per heavy atom. The Morgan fingerprint density at radius 3 is 2.44 bits per heavy atom. The van der Waals surface area contributed by atoms with Crippen LogP contribution in [0.4, 0.5) is 0 Å². The Kier molecular flexibility index (Phi) is 4.04. The maximum Gasteiger partial charge on any atom is 0.333 e. The lowest BCUT2D eigenvalue weighted by Crippen LogP contribution is -2.43. The predicted molar refractivity (Wildman–Crippen MR) is 58.6 cm³/mol. The van der Waals surface area contributed by atoms with Crippen molar-refractivity contribution in [3.05, 3.63) is 22.3 Å². The first-order valence-electron chi connectivity index (χ1n) is 5.46. The molecule has 1 aliphatic rings. The minimum absolute atomic E-state index is 0.285. The van der Waals surface area contributed by atoms with Crippen molar-refractivity contribution in [2.75, 3.05) is 6.54 Å². The number of nitrogens with zero attached hydrogens (tertiary/aromatic N) is 1. The molecule has 0 saturated heterocycles. The normalized spacial score (nSPS) is 18.8. The molecule has 1 rings (SSSR count). The molecule has 0 aromatic carbocycles. The Labute approximate surface area is 94.6 Å². The van der Waals surface area contributed by atoms with Crippen molar-refractivity contribution in [2.45, 2.75) is 44.6 Å². The first-order chi connectivity index (χ1) is 7.45. The third kappa shape index (κ3) is 3.32. The lowest BCUT2D eigenvalue weighted by molar-refractivity contribution is -0.501.